The van der Waals surface area contributed by atoms with Crippen LogP contribution in [0.4, 0.5) is 5.69 Å². The molecule has 0 bridgehead atoms. The van der Waals surface area contributed by atoms with Crippen LogP contribution in [0.3, 0.4) is 0 Å². The molecule has 2 aromatic carbocycles. The Labute approximate surface area is 155 Å². The summed E-state index contributed by atoms with van der Waals surface area (Å²) < 4.78 is 0.861. The first-order valence-electron chi connectivity index (χ1n) is 7.42. The number of aryl methyl sites for hydroxylation is 1. The molecule has 0 amide bonds. The van der Waals surface area contributed by atoms with E-state index >= 15 is 0 Å². The van der Waals surface area contributed by atoms with Crippen molar-refractivity contribution in [3.63, 3.8) is 0 Å². The Bertz CT molecular complexity index is 642. The van der Waals surface area contributed by atoms with E-state index in [1.165, 1.54) is 11.3 Å². The molecule has 126 valence electrons. The van der Waals surface area contributed by atoms with Crippen molar-refractivity contribution in [2.45, 2.75) is 13.5 Å². The van der Waals surface area contributed by atoms with Gasteiger partial charge in [0.1, 0.15) is 6.54 Å². The third kappa shape index (κ3) is 6.60. The van der Waals surface area contributed by atoms with Crippen LogP contribution in [0.1, 0.15) is 11.1 Å². The molecule has 0 aliphatic rings. The molecule has 0 atom stereocenters. The maximum atomic E-state index is 6.27. The highest BCUT2D eigenvalue weighted by Gasteiger charge is 2.17. The van der Waals surface area contributed by atoms with Crippen molar-refractivity contribution < 1.29 is 16.9 Å². The largest absolute Gasteiger partial charge is 1.00 e. The molecule has 0 fully saturated rings. The molecule has 0 aromatic heterocycles. The van der Waals surface area contributed by atoms with Crippen LogP contribution in [0.25, 0.3) is 0 Å². The van der Waals surface area contributed by atoms with E-state index in [1.54, 1.807) is 0 Å². The first-order chi connectivity index (χ1) is 10.4. The summed E-state index contributed by atoms with van der Waals surface area (Å²) in [6.07, 6.45) is 0. The molecule has 0 aliphatic carbocycles. The standard InChI is InChI=1S/C18H23Cl2N2.ClH/c1-14-5-4-6-17(11-14)21-9-10-22(2,3)13-15-7-8-16(19)12-18(15)20;/h4-8,11-12,21H,9-10,13H2,1-3H3;1H/q+1;/p-1. The number of halogens is 3. The molecular formula is C18H23Cl3N2. The quantitative estimate of drug-likeness (QED) is 0.764. The smallest absolute Gasteiger partial charge is 0.105 e. The van der Waals surface area contributed by atoms with Gasteiger partial charge in [-0.15, -0.1) is 0 Å². The van der Waals surface area contributed by atoms with Gasteiger partial charge in [-0.05, 0) is 36.8 Å². The van der Waals surface area contributed by atoms with Crippen LogP contribution in [0.15, 0.2) is 42.5 Å². The van der Waals surface area contributed by atoms with E-state index in [0.29, 0.717) is 5.02 Å². The Hall–Kier alpha value is -0.930. The van der Waals surface area contributed by atoms with Gasteiger partial charge in [-0.3, -0.25) is 0 Å². The highest BCUT2D eigenvalue weighted by Crippen LogP contribution is 2.23. The average molecular weight is 374 g/mol. The number of quaternary nitrogens is 1. The number of likely N-dealkylation sites (N-methyl/N-ethyl adjacent to an activating group) is 1. The SMILES string of the molecule is Cc1cccc(NCC[N+](C)(C)Cc2ccc(Cl)cc2Cl)c1.[Cl-]. The van der Waals surface area contributed by atoms with Gasteiger partial charge in [0.05, 0.1) is 32.2 Å². The zero-order chi connectivity index (χ0) is 16.2. The molecule has 5 heteroatoms. The number of benzene rings is 2. The van der Waals surface area contributed by atoms with Gasteiger partial charge in [-0.2, -0.15) is 0 Å². The lowest BCUT2D eigenvalue weighted by molar-refractivity contribution is -0.901. The Balaban J connectivity index is 0.00000264. The van der Waals surface area contributed by atoms with Crippen LogP contribution in [-0.4, -0.2) is 31.7 Å². The molecule has 2 aromatic rings. The van der Waals surface area contributed by atoms with Gasteiger partial charge in [-0.25, -0.2) is 0 Å². The third-order valence-electron chi connectivity index (χ3n) is 3.68. The number of nitrogens with one attached hydrogen (secondary N) is 1. The number of rotatable bonds is 6. The van der Waals surface area contributed by atoms with E-state index in [4.69, 9.17) is 23.2 Å². The summed E-state index contributed by atoms with van der Waals surface area (Å²) in [7, 11) is 4.42. The summed E-state index contributed by atoms with van der Waals surface area (Å²) >= 11 is 12.2. The topological polar surface area (TPSA) is 12.0 Å². The van der Waals surface area contributed by atoms with Crippen molar-refractivity contribution in [2.24, 2.45) is 0 Å². The predicted molar refractivity (Wildman–Crippen MR) is 96.8 cm³/mol. The molecule has 2 rings (SSSR count). The summed E-state index contributed by atoms with van der Waals surface area (Å²) in [4.78, 5) is 0. The molecule has 2 nitrogen and oxygen atoms in total. The zero-order valence-electron chi connectivity index (χ0n) is 13.7. The van der Waals surface area contributed by atoms with Crippen molar-refractivity contribution in [1.82, 2.24) is 0 Å². The van der Waals surface area contributed by atoms with Crippen molar-refractivity contribution in [1.29, 1.82) is 0 Å². The Morgan fingerprint density at radius 2 is 1.78 bits per heavy atom. The fourth-order valence-electron chi connectivity index (χ4n) is 2.45. The van der Waals surface area contributed by atoms with E-state index in [-0.39, 0.29) is 12.4 Å². The first kappa shape index (κ1) is 20.1. The molecule has 23 heavy (non-hydrogen) atoms. The number of hydrogen-bond acceptors (Lipinski definition) is 1. The van der Waals surface area contributed by atoms with Crippen LogP contribution < -0.4 is 17.7 Å². The van der Waals surface area contributed by atoms with Crippen molar-refractivity contribution in [3.05, 3.63) is 63.6 Å². The van der Waals surface area contributed by atoms with Gasteiger partial charge in [0.25, 0.3) is 0 Å². The highest BCUT2D eigenvalue weighted by atomic mass is 35.5. The predicted octanol–water partition coefficient (Wildman–Crippen LogP) is 1.99. The summed E-state index contributed by atoms with van der Waals surface area (Å²) in [5.41, 5.74) is 3.57. The van der Waals surface area contributed by atoms with Crippen LogP contribution >= 0.6 is 23.2 Å². The van der Waals surface area contributed by atoms with Gasteiger partial charge < -0.3 is 22.2 Å². The normalized spacial score (nSPS) is 11.0. The minimum absolute atomic E-state index is 0. The zero-order valence-corrected chi connectivity index (χ0v) is 16.0. The van der Waals surface area contributed by atoms with Crippen LogP contribution in [0.2, 0.25) is 10.0 Å². The second-order valence-electron chi connectivity index (χ2n) is 6.35. The van der Waals surface area contributed by atoms with Gasteiger partial charge in [0.15, 0.2) is 0 Å². The Morgan fingerprint density at radius 1 is 1.04 bits per heavy atom. The molecule has 0 saturated carbocycles. The summed E-state index contributed by atoms with van der Waals surface area (Å²) in [6, 6.07) is 14.2. The summed E-state index contributed by atoms with van der Waals surface area (Å²) in [6.45, 7) is 4.91. The van der Waals surface area contributed by atoms with E-state index in [2.05, 4.69) is 50.6 Å². The maximum absolute atomic E-state index is 6.27. The van der Waals surface area contributed by atoms with Crippen molar-refractivity contribution >= 4 is 28.9 Å². The lowest BCUT2D eigenvalue weighted by Gasteiger charge is -2.30. The Kier molecular flexibility index (Phi) is 7.69. The molecule has 1 N–H and O–H groups in total. The molecule has 0 saturated heterocycles. The van der Waals surface area contributed by atoms with Crippen molar-refractivity contribution in [2.75, 3.05) is 32.5 Å². The Morgan fingerprint density at radius 3 is 2.43 bits per heavy atom. The number of nitrogens with zero attached hydrogens (tertiary/aromatic N) is 1. The lowest BCUT2D eigenvalue weighted by atomic mass is 10.2. The highest BCUT2D eigenvalue weighted by molar-refractivity contribution is 6.35. The summed E-state index contributed by atoms with van der Waals surface area (Å²) in [5, 5.41) is 4.90. The van der Waals surface area contributed by atoms with Gasteiger partial charge >= 0.3 is 0 Å². The van der Waals surface area contributed by atoms with Crippen LogP contribution in [0, 0.1) is 6.92 Å². The van der Waals surface area contributed by atoms with Gasteiger partial charge in [-0.1, -0.05) is 41.4 Å². The fourth-order valence-corrected chi connectivity index (χ4v) is 2.92. The van der Waals surface area contributed by atoms with Gasteiger partial charge in [0.2, 0.25) is 0 Å². The minimum Gasteiger partial charge on any atom is -1.00 e. The second-order valence-corrected chi connectivity index (χ2v) is 7.19. The third-order valence-corrected chi connectivity index (χ3v) is 4.26. The van der Waals surface area contributed by atoms with E-state index in [1.807, 2.05) is 18.2 Å². The monoisotopic (exact) mass is 372 g/mol. The number of anilines is 1. The minimum atomic E-state index is 0. The average Bonchev–Trinajstić information content (AvgIpc) is 2.42. The molecule has 0 unspecified atom stereocenters. The van der Waals surface area contributed by atoms with E-state index in [9.17, 15) is 0 Å². The molecular weight excluding hydrogens is 351 g/mol. The van der Waals surface area contributed by atoms with Crippen LogP contribution in [-0.2, 0) is 6.54 Å². The molecule has 0 heterocycles. The van der Waals surface area contributed by atoms with Gasteiger partial charge in [0, 0.05) is 16.3 Å². The molecule has 0 radical (unpaired) electrons. The van der Waals surface area contributed by atoms with E-state index in [0.717, 1.165) is 34.7 Å². The first-order valence-corrected chi connectivity index (χ1v) is 8.18. The maximum Gasteiger partial charge on any atom is 0.105 e. The molecule has 0 spiro atoms. The van der Waals surface area contributed by atoms with E-state index < -0.39 is 0 Å². The second kappa shape index (κ2) is 8.79. The lowest BCUT2D eigenvalue weighted by Crippen LogP contribution is -3.00. The number of hydrogen-bond donors (Lipinski definition) is 1. The van der Waals surface area contributed by atoms with Crippen LogP contribution in [0.5, 0.6) is 0 Å². The summed E-state index contributed by atoms with van der Waals surface area (Å²) in [5.74, 6) is 0. The molecule has 0 aliphatic heterocycles. The van der Waals surface area contributed by atoms with Crippen molar-refractivity contribution in [3.8, 4) is 0 Å². The fraction of sp³-hybridized carbons (Fsp3) is 0.333.